The number of carbonyl (C=O) groups is 1. The van der Waals surface area contributed by atoms with Gasteiger partial charge >= 0.3 is 0 Å². The third kappa shape index (κ3) is 4.40. The van der Waals surface area contributed by atoms with Crippen LogP contribution in [0.3, 0.4) is 0 Å². The Morgan fingerprint density at radius 3 is 2.17 bits per heavy atom. The van der Waals surface area contributed by atoms with Gasteiger partial charge in [0.25, 0.3) is 0 Å². The highest BCUT2D eigenvalue weighted by Gasteiger charge is 2.07. The van der Waals surface area contributed by atoms with Gasteiger partial charge < -0.3 is 9.73 Å². The molecule has 122 valence electrons. The van der Waals surface area contributed by atoms with Crippen molar-refractivity contribution in [1.82, 2.24) is 5.32 Å². The number of halogens is 2. The van der Waals surface area contributed by atoms with E-state index in [1.807, 2.05) is 48.5 Å². The highest BCUT2D eigenvalue weighted by Crippen LogP contribution is 2.23. The van der Waals surface area contributed by atoms with Gasteiger partial charge in [0, 0.05) is 15.6 Å². The minimum Gasteiger partial charge on any atom is -0.459 e. The maximum absolute atomic E-state index is 12.0. The van der Waals surface area contributed by atoms with Crippen molar-refractivity contribution < 1.29 is 9.21 Å². The molecule has 0 saturated carbocycles. The third-order valence-corrected chi connectivity index (χ3v) is 4.03. The molecule has 1 N–H and O–H groups in total. The highest BCUT2D eigenvalue weighted by molar-refractivity contribution is 6.30. The van der Waals surface area contributed by atoms with Gasteiger partial charge in [0.1, 0.15) is 11.5 Å². The molecular formula is C19H15Cl2NO2. The lowest BCUT2D eigenvalue weighted by molar-refractivity contribution is -0.120. The summed E-state index contributed by atoms with van der Waals surface area (Å²) in [5.74, 6) is 1.37. The fraction of sp³-hybridized carbons (Fsp3) is 0.105. The number of rotatable bonds is 5. The van der Waals surface area contributed by atoms with Crippen molar-refractivity contribution >= 4 is 29.1 Å². The first-order valence-corrected chi connectivity index (χ1v) is 8.21. The highest BCUT2D eigenvalue weighted by atomic mass is 35.5. The van der Waals surface area contributed by atoms with Crippen LogP contribution in [-0.4, -0.2) is 5.91 Å². The molecule has 24 heavy (non-hydrogen) atoms. The molecule has 3 nitrogen and oxygen atoms in total. The lowest BCUT2D eigenvalue weighted by Crippen LogP contribution is -2.24. The van der Waals surface area contributed by atoms with Crippen molar-refractivity contribution in [3.05, 3.63) is 82.0 Å². The van der Waals surface area contributed by atoms with Crippen LogP contribution in [0.4, 0.5) is 0 Å². The Morgan fingerprint density at radius 1 is 0.875 bits per heavy atom. The monoisotopic (exact) mass is 359 g/mol. The number of furan rings is 1. The van der Waals surface area contributed by atoms with Crippen molar-refractivity contribution in [2.45, 2.75) is 13.0 Å². The van der Waals surface area contributed by atoms with Gasteiger partial charge in [-0.1, -0.05) is 35.3 Å². The molecule has 0 aliphatic rings. The quantitative estimate of drug-likeness (QED) is 0.687. The summed E-state index contributed by atoms with van der Waals surface area (Å²) in [6.45, 7) is 0.347. The Bertz CT molecular complexity index is 823. The summed E-state index contributed by atoms with van der Waals surface area (Å²) < 4.78 is 5.75. The van der Waals surface area contributed by atoms with Crippen LogP contribution >= 0.6 is 23.2 Å². The van der Waals surface area contributed by atoms with E-state index in [1.165, 1.54) is 0 Å². The van der Waals surface area contributed by atoms with Gasteiger partial charge in [-0.15, -0.1) is 0 Å². The van der Waals surface area contributed by atoms with E-state index in [2.05, 4.69) is 5.32 Å². The molecule has 0 saturated heterocycles. The van der Waals surface area contributed by atoms with E-state index >= 15 is 0 Å². The molecule has 0 atom stereocenters. The Labute approximate surface area is 150 Å². The van der Waals surface area contributed by atoms with Gasteiger partial charge in [0.15, 0.2) is 0 Å². The summed E-state index contributed by atoms with van der Waals surface area (Å²) in [5.41, 5.74) is 1.86. The summed E-state index contributed by atoms with van der Waals surface area (Å²) in [7, 11) is 0. The molecule has 0 radical (unpaired) electrons. The summed E-state index contributed by atoms with van der Waals surface area (Å²) in [6.07, 6.45) is 0.307. The minimum absolute atomic E-state index is 0.0678. The summed E-state index contributed by atoms with van der Waals surface area (Å²) >= 11 is 11.7. The zero-order valence-electron chi connectivity index (χ0n) is 12.8. The molecule has 1 amide bonds. The molecule has 5 heteroatoms. The fourth-order valence-electron chi connectivity index (χ4n) is 2.28. The van der Waals surface area contributed by atoms with Crippen LogP contribution in [0.15, 0.2) is 65.1 Å². The molecule has 0 aliphatic heterocycles. The van der Waals surface area contributed by atoms with Crippen molar-refractivity contribution in [1.29, 1.82) is 0 Å². The van der Waals surface area contributed by atoms with Gasteiger partial charge in [-0.2, -0.15) is 0 Å². The SMILES string of the molecule is O=C(Cc1ccc(Cl)cc1)NCc1ccc(-c2ccc(Cl)cc2)o1. The molecule has 0 aliphatic carbocycles. The third-order valence-electron chi connectivity index (χ3n) is 3.53. The molecule has 0 bridgehead atoms. The number of nitrogens with one attached hydrogen (secondary N) is 1. The van der Waals surface area contributed by atoms with Crippen LogP contribution in [0.5, 0.6) is 0 Å². The van der Waals surface area contributed by atoms with Gasteiger partial charge in [-0.05, 0) is 54.1 Å². The standard InChI is InChI=1S/C19H15Cl2NO2/c20-15-5-1-13(2-6-15)11-19(23)22-12-17-9-10-18(24-17)14-3-7-16(21)8-4-14/h1-10H,11-12H2,(H,22,23). The van der Waals surface area contributed by atoms with Crippen molar-refractivity contribution in [3.8, 4) is 11.3 Å². The summed E-state index contributed by atoms with van der Waals surface area (Å²) in [6, 6.07) is 18.4. The van der Waals surface area contributed by atoms with E-state index < -0.39 is 0 Å². The predicted octanol–water partition coefficient (Wildman–Crippen LogP) is 5.11. The van der Waals surface area contributed by atoms with Crippen LogP contribution in [0.25, 0.3) is 11.3 Å². The Balaban J connectivity index is 1.56. The molecule has 1 aromatic heterocycles. The molecule has 3 aromatic rings. The number of amides is 1. The normalized spacial score (nSPS) is 10.6. The Kier molecular flexibility index (Phi) is 5.24. The second-order valence-corrected chi connectivity index (χ2v) is 6.23. The molecule has 0 fully saturated rings. The van der Waals surface area contributed by atoms with E-state index in [9.17, 15) is 4.79 Å². The maximum atomic E-state index is 12.0. The number of carbonyl (C=O) groups excluding carboxylic acids is 1. The van der Waals surface area contributed by atoms with Gasteiger partial charge in [-0.3, -0.25) is 4.79 Å². The number of hydrogen-bond acceptors (Lipinski definition) is 2. The molecule has 2 aromatic carbocycles. The maximum Gasteiger partial charge on any atom is 0.224 e. The fourth-order valence-corrected chi connectivity index (χ4v) is 2.53. The minimum atomic E-state index is -0.0678. The largest absolute Gasteiger partial charge is 0.459 e. The zero-order valence-corrected chi connectivity index (χ0v) is 14.3. The van der Waals surface area contributed by atoms with Crippen LogP contribution in [0, 0.1) is 0 Å². The molecule has 0 unspecified atom stereocenters. The van der Waals surface area contributed by atoms with E-state index in [0.29, 0.717) is 28.8 Å². The lowest BCUT2D eigenvalue weighted by Gasteiger charge is -2.04. The smallest absolute Gasteiger partial charge is 0.224 e. The predicted molar refractivity (Wildman–Crippen MR) is 96.2 cm³/mol. The average Bonchev–Trinajstić information content (AvgIpc) is 3.05. The first kappa shape index (κ1) is 16.6. The molecule has 3 rings (SSSR count). The van der Waals surface area contributed by atoms with Gasteiger partial charge in [0.05, 0.1) is 13.0 Å². The lowest BCUT2D eigenvalue weighted by atomic mass is 10.1. The van der Waals surface area contributed by atoms with E-state index in [1.54, 1.807) is 12.1 Å². The van der Waals surface area contributed by atoms with E-state index in [4.69, 9.17) is 27.6 Å². The van der Waals surface area contributed by atoms with Crippen LogP contribution in [-0.2, 0) is 17.8 Å². The molecule has 1 heterocycles. The van der Waals surface area contributed by atoms with Gasteiger partial charge in [0.2, 0.25) is 5.91 Å². The van der Waals surface area contributed by atoms with Gasteiger partial charge in [-0.25, -0.2) is 0 Å². The molecular weight excluding hydrogens is 345 g/mol. The van der Waals surface area contributed by atoms with Crippen molar-refractivity contribution in [2.24, 2.45) is 0 Å². The summed E-state index contributed by atoms with van der Waals surface area (Å²) in [5, 5.41) is 4.19. The Morgan fingerprint density at radius 2 is 1.50 bits per heavy atom. The van der Waals surface area contributed by atoms with E-state index in [0.717, 1.165) is 16.9 Å². The second-order valence-electron chi connectivity index (χ2n) is 5.35. The molecule has 0 spiro atoms. The average molecular weight is 360 g/mol. The number of benzene rings is 2. The topological polar surface area (TPSA) is 42.2 Å². The van der Waals surface area contributed by atoms with Crippen molar-refractivity contribution in [3.63, 3.8) is 0 Å². The first-order chi connectivity index (χ1) is 11.6. The second kappa shape index (κ2) is 7.56. The zero-order chi connectivity index (χ0) is 16.9. The summed E-state index contributed by atoms with van der Waals surface area (Å²) in [4.78, 5) is 12.0. The van der Waals surface area contributed by atoms with Crippen LogP contribution in [0.2, 0.25) is 10.0 Å². The van der Waals surface area contributed by atoms with Crippen LogP contribution < -0.4 is 5.32 Å². The van der Waals surface area contributed by atoms with Crippen LogP contribution in [0.1, 0.15) is 11.3 Å². The van der Waals surface area contributed by atoms with E-state index in [-0.39, 0.29) is 5.91 Å². The number of hydrogen-bond donors (Lipinski definition) is 1. The van der Waals surface area contributed by atoms with Crippen molar-refractivity contribution in [2.75, 3.05) is 0 Å². The Hall–Kier alpha value is -2.23. The first-order valence-electron chi connectivity index (χ1n) is 7.46.